The Bertz CT molecular complexity index is 932. The number of rotatable bonds is 9. The number of carbonyl (C=O) groups is 1. The van der Waals surface area contributed by atoms with Gasteiger partial charge in [0.05, 0.1) is 20.3 Å². The predicted molar refractivity (Wildman–Crippen MR) is 131 cm³/mol. The Labute approximate surface area is 192 Å². The molecule has 32 heavy (non-hydrogen) atoms. The van der Waals surface area contributed by atoms with Crippen molar-refractivity contribution in [2.75, 3.05) is 20.8 Å². The average Bonchev–Trinajstić information content (AvgIpc) is 2.75. The molecule has 0 heterocycles. The lowest BCUT2D eigenvalue weighted by molar-refractivity contribution is -0.116. The first kappa shape index (κ1) is 25.5. The van der Waals surface area contributed by atoms with Gasteiger partial charge in [0, 0.05) is 12.6 Å². The van der Waals surface area contributed by atoms with Gasteiger partial charge in [0.1, 0.15) is 5.75 Å². The first-order valence-electron chi connectivity index (χ1n) is 10.6. The van der Waals surface area contributed by atoms with E-state index in [2.05, 4.69) is 39.2 Å². The Kier molecular flexibility index (Phi) is 8.52. The molecule has 0 fully saturated rings. The van der Waals surface area contributed by atoms with E-state index in [4.69, 9.17) is 13.9 Å². The Morgan fingerprint density at radius 1 is 1.06 bits per heavy atom. The number of aliphatic hydroxyl groups excluding tert-OH is 1. The van der Waals surface area contributed by atoms with E-state index in [1.807, 2.05) is 24.3 Å². The number of nitrogens with one attached hydrogen (secondary N) is 1. The molecule has 174 valence electrons. The van der Waals surface area contributed by atoms with Gasteiger partial charge in [-0.1, -0.05) is 39.0 Å². The van der Waals surface area contributed by atoms with Crippen LogP contribution in [0.5, 0.6) is 17.2 Å². The van der Waals surface area contributed by atoms with Gasteiger partial charge >= 0.3 is 0 Å². The number of aliphatic hydroxyl groups is 1. The quantitative estimate of drug-likeness (QED) is 0.411. The van der Waals surface area contributed by atoms with Crippen LogP contribution in [-0.4, -0.2) is 40.1 Å². The molecule has 2 N–H and O–H groups in total. The molecule has 0 radical (unpaired) electrons. The molecule has 0 aliphatic heterocycles. The molecule has 0 aromatic heterocycles. The number of carbonyl (C=O) groups excluding carboxylic acids is 1. The number of amides is 1. The van der Waals surface area contributed by atoms with Gasteiger partial charge in [-0.25, -0.2) is 0 Å². The number of hydrogen-bond donors (Lipinski definition) is 2. The van der Waals surface area contributed by atoms with E-state index in [0.717, 1.165) is 11.3 Å². The molecule has 0 unspecified atom stereocenters. The summed E-state index contributed by atoms with van der Waals surface area (Å²) in [6, 6.07) is 12.9. The van der Waals surface area contributed by atoms with Gasteiger partial charge < -0.3 is 24.3 Å². The number of benzene rings is 2. The highest BCUT2D eigenvalue weighted by molar-refractivity contribution is 6.74. The van der Waals surface area contributed by atoms with Crippen molar-refractivity contribution < 1.29 is 23.8 Å². The lowest BCUT2D eigenvalue weighted by Gasteiger charge is -2.36. The second-order valence-corrected chi connectivity index (χ2v) is 13.9. The highest BCUT2D eigenvalue weighted by Gasteiger charge is 2.38. The van der Waals surface area contributed by atoms with Crippen LogP contribution in [0.2, 0.25) is 18.1 Å². The largest absolute Gasteiger partial charge is 0.544 e. The van der Waals surface area contributed by atoms with Gasteiger partial charge in [0.25, 0.3) is 0 Å². The summed E-state index contributed by atoms with van der Waals surface area (Å²) in [6.07, 6.45) is 2.32. The Hall–Kier alpha value is -2.77. The lowest BCUT2D eigenvalue weighted by atomic mass is 10.1. The van der Waals surface area contributed by atoms with Crippen LogP contribution < -0.4 is 19.2 Å². The summed E-state index contributed by atoms with van der Waals surface area (Å²) < 4.78 is 16.7. The van der Waals surface area contributed by atoms with Crippen LogP contribution in [0.1, 0.15) is 38.0 Å². The minimum absolute atomic E-state index is 0.0813. The van der Waals surface area contributed by atoms with Crippen LogP contribution >= 0.6 is 0 Å². The summed E-state index contributed by atoms with van der Waals surface area (Å²) in [7, 11) is 1.20. The van der Waals surface area contributed by atoms with E-state index in [1.165, 1.54) is 13.2 Å². The molecule has 0 saturated heterocycles. The second kappa shape index (κ2) is 10.7. The van der Waals surface area contributed by atoms with Gasteiger partial charge in [-0.2, -0.15) is 0 Å². The molecule has 0 saturated carbocycles. The van der Waals surface area contributed by atoms with Crippen molar-refractivity contribution >= 4 is 20.3 Å². The molecule has 2 aromatic rings. The summed E-state index contributed by atoms with van der Waals surface area (Å²) in [4.78, 5) is 12.2. The summed E-state index contributed by atoms with van der Waals surface area (Å²) >= 11 is 0. The maximum Gasteiger partial charge on any atom is 0.250 e. The minimum Gasteiger partial charge on any atom is -0.544 e. The molecule has 6 nitrogen and oxygen atoms in total. The third-order valence-electron chi connectivity index (χ3n) is 5.75. The van der Waals surface area contributed by atoms with Crippen LogP contribution in [0.3, 0.4) is 0 Å². The van der Waals surface area contributed by atoms with Crippen molar-refractivity contribution in [3.05, 3.63) is 59.7 Å². The fourth-order valence-corrected chi connectivity index (χ4v) is 3.73. The van der Waals surface area contributed by atoms with E-state index in [0.29, 0.717) is 17.1 Å². The Morgan fingerprint density at radius 3 is 2.25 bits per heavy atom. The number of ether oxygens (including phenoxy) is 2. The summed E-state index contributed by atoms with van der Waals surface area (Å²) in [6.45, 7) is 11.1. The highest BCUT2D eigenvalue weighted by Crippen LogP contribution is 2.37. The molecule has 0 spiro atoms. The molecule has 0 bridgehead atoms. The Morgan fingerprint density at radius 2 is 1.69 bits per heavy atom. The van der Waals surface area contributed by atoms with Crippen molar-refractivity contribution in [1.29, 1.82) is 0 Å². The molecule has 0 aliphatic rings. The summed E-state index contributed by atoms with van der Waals surface area (Å²) in [5.74, 6) is 1.66. The predicted octanol–water partition coefficient (Wildman–Crippen LogP) is 4.95. The van der Waals surface area contributed by atoms with Crippen LogP contribution in [0.4, 0.5) is 0 Å². The smallest absolute Gasteiger partial charge is 0.250 e. The van der Waals surface area contributed by atoms with E-state index in [1.54, 1.807) is 31.4 Å². The lowest BCUT2D eigenvalue weighted by Crippen LogP contribution is -2.43. The molecular weight excluding hydrogens is 422 g/mol. The zero-order valence-electron chi connectivity index (χ0n) is 20.1. The molecule has 1 atom stereocenters. The monoisotopic (exact) mass is 457 g/mol. The van der Waals surface area contributed by atoms with Crippen molar-refractivity contribution in [3.8, 4) is 17.2 Å². The molecule has 0 aliphatic carbocycles. The van der Waals surface area contributed by atoms with Gasteiger partial charge in [-0.15, -0.1) is 0 Å². The summed E-state index contributed by atoms with van der Waals surface area (Å²) in [5, 5.41) is 13.2. The number of hydrogen-bond acceptors (Lipinski definition) is 5. The number of methoxy groups -OCH3 is 2. The van der Waals surface area contributed by atoms with E-state index < -0.39 is 14.4 Å². The average molecular weight is 458 g/mol. The fourth-order valence-electron chi connectivity index (χ4n) is 2.70. The minimum atomic E-state index is -1.88. The van der Waals surface area contributed by atoms with Crippen molar-refractivity contribution in [3.63, 3.8) is 0 Å². The normalized spacial score (nSPS) is 13.0. The van der Waals surface area contributed by atoms with Crippen molar-refractivity contribution in [1.82, 2.24) is 5.32 Å². The zero-order valence-corrected chi connectivity index (χ0v) is 21.1. The van der Waals surface area contributed by atoms with Crippen LogP contribution in [0.15, 0.2) is 48.5 Å². The molecule has 2 aromatic carbocycles. The maximum absolute atomic E-state index is 12.2. The van der Waals surface area contributed by atoms with Crippen molar-refractivity contribution in [2.24, 2.45) is 0 Å². The maximum atomic E-state index is 12.2. The van der Waals surface area contributed by atoms with Crippen LogP contribution in [0, 0.1) is 0 Å². The van der Waals surface area contributed by atoms with Gasteiger partial charge in [-0.3, -0.25) is 4.79 Å². The fraction of sp³-hybridized carbons (Fsp3) is 0.400. The third kappa shape index (κ3) is 6.87. The first-order chi connectivity index (χ1) is 15.0. The van der Waals surface area contributed by atoms with Crippen LogP contribution in [0.25, 0.3) is 6.08 Å². The van der Waals surface area contributed by atoms with Crippen LogP contribution in [-0.2, 0) is 4.79 Å². The van der Waals surface area contributed by atoms with Crippen molar-refractivity contribution in [2.45, 2.75) is 45.0 Å². The van der Waals surface area contributed by atoms with Gasteiger partial charge in [0.2, 0.25) is 14.2 Å². The Balaban J connectivity index is 1.91. The summed E-state index contributed by atoms with van der Waals surface area (Å²) in [5.41, 5.74) is 1.52. The van der Waals surface area contributed by atoms with E-state index >= 15 is 0 Å². The van der Waals surface area contributed by atoms with E-state index in [9.17, 15) is 9.90 Å². The molecule has 2 rings (SSSR count). The van der Waals surface area contributed by atoms with Gasteiger partial charge in [0.15, 0.2) is 11.5 Å². The topological polar surface area (TPSA) is 77.0 Å². The second-order valence-electron chi connectivity index (χ2n) is 9.14. The molecule has 7 heteroatoms. The molecule has 1 amide bonds. The highest BCUT2D eigenvalue weighted by atomic mass is 28.4. The first-order valence-corrected chi connectivity index (χ1v) is 13.5. The van der Waals surface area contributed by atoms with Gasteiger partial charge in [-0.05, 0) is 59.6 Å². The SMILES string of the molecule is COc1ccc([C@H](O)CNC(=O)/C=C/c2ccc(O[Si](C)(C)C(C)(C)C)cc2)cc1OC. The standard InChI is InChI=1S/C25H35NO5Si/c1-25(2,3)32(6,7)31-20-12-8-18(9-13-20)10-15-24(28)26-17-21(27)19-11-14-22(29-4)23(16-19)30-5/h8-16,21,27H,17H2,1-7H3,(H,26,28)/b15-10+/t21-/m1/s1. The van der Waals surface area contributed by atoms with E-state index in [-0.39, 0.29) is 17.5 Å². The third-order valence-corrected chi connectivity index (χ3v) is 10.1. The molecular formula is C25H35NO5Si. The zero-order chi connectivity index (χ0) is 23.9.